The minimum atomic E-state index is -0.507. The van der Waals surface area contributed by atoms with Gasteiger partial charge < -0.3 is 0 Å². The van der Waals surface area contributed by atoms with Crippen LogP contribution in [0.5, 0.6) is 0 Å². The first-order valence-corrected chi connectivity index (χ1v) is 4.50. The average molecular weight is 187 g/mol. The molecule has 0 heterocycles. The van der Waals surface area contributed by atoms with E-state index in [4.69, 9.17) is 5.26 Å². The van der Waals surface area contributed by atoms with Crippen molar-refractivity contribution in [2.75, 3.05) is 0 Å². The van der Waals surface area contributed by atoms with E-state index >= 15 is 0 Å². The molecule has 14 heavy (non-hydrogen) atoms. The van der Waals surface area contributed by atoms with Crippen molar-refractivity contribution in [3.05, 3.63) is 35.4 Å². The number of hydrogen-bond donors (Lipinski definition) is 0. The molecule has 0 radical (unpaired) electrons. The quantitative estimate of drug-likeness (QED) is 0.713. The monoisotopic (exact) mass is 187 g/mol. The van der Waals surface area contributed by atoms with Crippen LogP contribution < -0.4 is 0 Å². The van der Waals surface area contributed by atoms with Crippen molar-refractivity contribution in [1.29, 1.82) is 5.26 Å². The molecule has 1 aromatic rings. The van der Waals surface area contributed by atoms with Crippen LogP contribution >= 0.6 is 0 Å². The first-order chi connectivity index (χ1) is 6.48. The first kappa shape index (κ1) is 10.5. The number of ketones is 1. The number of carbonyl (C=O) groups is 1. The molecule has 0 aromatic heterocycles. The zero-order valence-corrected chi connectivity index (χ0v) is 8.66. The molecule has 0 fully saturated rings. The van der Waals surface area contributed by atoms with E-state index in [1.165, 1.54) is 0 Å². The lowest BCUT2D eigenvalue weighted by Crippen LogP contribution is -2.26. The van der Waals surface area contributed by atoms with Gasteiger partial charge in [0.15, 0.2) is 0 Å². The normalized spacial score (nSPS) is 10.7. The lowest BCUT2D eigenvalue weighted by atomic mass is 9.81. The predicted octanol–water partition coefficient (Wildman–Crippen LogP) is 2.42. The Balaban J connectivity index is 3.21. The summed E-state index contributed by atoms with van der Waals surface area (Å²) in [5.74, 6) is 0.104. The van der Waals surface area contributed by atoms with Crippen molar-refractivity contribution in [3.63, 3.8) is 0 Å². The Morgan fingerprint density at radius 2 is 2.07 bits per heavy atom. The van der Waals surface area contributed by atoms with Gasteiger partial charge in [-0.25, -0.2) is 0 Å². The van der Waals surface area contributed by atoms with E-state index in [1.807, 2.05) is 19.9 Å². The number of rotatable bonds is 2. The molecule has 0 N–H and O–H groups in total. The number of nitrogens with zero attached hydrogens (tertiary/aromatic N) is 1. The van der Waals surface area contributed by atoms with Crippen LogP contribution in [0.3, 0.4) is 0 Å². The summed E-state index contributed by atoms with van der Waals surface area (Å²) in [6.07, 6.45) is 0. The summed E-state index contributed by atoms with van der Waals surface area (Å²) in [6, 6.07) is 9.25. The Bertz CT molecular complexity index is 399. The zero-order valence-electron chi connectivity index (χ0n) is 8.66. The zero-order chi connectivity index (χ0) is 10.8. The van der Waals surface area contributed by atoms with Crippen LogP contribution in [-0.2, 0) is 10.2 Å². The third-order valence-electron chi connectivity index (χ3n) is 2.59. The maximum absolute atomic E-state index is 11.4. The van der Waals surface area contributed by atoms with E-state index in [1.54, 1.807) is 25.1 Å². The van der Waals surface area contributed by atoms with Gasteiger partial charge in [0.05, 0.1) is 11.6 Å². The van der Waals surface area contributed by atoms with Gasteiger partial charge in [-0.05, 0) is 38.5 Å². The van der Waals surface area contributed by atoms with Crippen LogP contribution in [0.1, 0.15) is 31.9 Å². The van der Waals surface area contributed by atoms with E-state index in [-0.39, 0.29) is 5.78 Å². The summed E-state index contributed by atoms with van der Waals surface area (Å²) in [5.41, 5.74) is 0.980. The molecule has 1 aromatic carbocycles. The van der Waals surface area contributed by atoms with Crippen LogP contribution in [-0.4, -0.2) is 5.78 Å². The first-order valence-electron chi connectivity index (χ1n) is 4.50. The summed E-state index contributed by atoms with van der Waals surface area (Å²) in [4.78, 5) is 11.4. The lowest BCUT2D eigenvalue weighted by Gasteiger charge is -2.21. The molecular weight excluding hydrogens is 174 g/mol. The lowest BCUT2D eigenvalue weighted by molar-refractivity contribution is -0.121. The summed E-state index contributed by atoms with van der Waals surface area (Å²) >= 11 is 0. The molecule has 0 bridgehead atoms. The summed E-state index contributed by atoms with van der Waals surface area (Å²) in [5, 5.41) is 8.73. The minimum Gasteiger partial charge on any atom is -0.299 e. The Labute approximate surface area is 84.2 Å². The van der Waals surface area contributed by atoms with Crippen molar-refractivity contribution >= 4 is 5.78 Å². The Kier molecular flexibility index (Phi) is 2.71. The molecule has 2 heteroatoms. The van der Waals surface area contributed by atoms with Crippen molar-refractivity contribution in [3.8, 4) is 6.07 Å². The van der Waals surface area contributed by atoms with Gasteiger partial charge in [0.2, 0.25) is 0 Å². The highest BCUT2D eigenvalue weighted by molar-refractivity contribution is 5.87. The highest BCUT2D eigenvalue weighted by Gasteiger charge is 2.25. The van der Waals surface area contributed by atoms with Crippen molar-refractivity contribution in [2.24, 2.45) is 0 Å². The van der Waals surface area contributed by atoms with E-state index in [2.05, 4.69) is 6.07 Å². The van der Waals surface area contributed by atoms with Gasteiger partial charge in [0.25, 0.3) is 0 Å². The molecule has 0 unspecified atom stereocenters. The SMILES string of the molecule is CC(=O)C(C)(C)c1cccc(C#N)c1. The van der Waals surface area contributed by atoms with Crippen LogP contribution in [0.25, 0.3) is 0 Å². The summed E-state index contributed by atoms with van der Waals surface area (Å²) in [6.45, 7) is 5.30. The number of hydrogen-bond acceptors (Lipinski definition) is 2. The van der Waals surface area contributed by atoms with Gasteiger partial charge in [0.1, 0.15) is 5.78 Å². The fraction of sp³-hybridized carbons (Fsp3) is 0.333. The topological polar surface area (TPSA) is 40.9 Å². The number of carbonyl (C=O) groups excluding carboxylic acids is 1. The van der Waals surface area contributed by atoms with Gasteiger partial charge in [0, 0.05) is 5.41 Å². The maximum atomic E-state index is 11.4. The molecule has 72 valence electrons. The van der Waals surface area contributed by atoms with Crippen molar-refractivity contribution in [1.82, 2.24) is 0 Å². The molecule has 0 saturated heterocycles. The maximum Gasteiger partial charge on any atom is 0.139 e. The second-order valence-corrected chi connectivity index (χ2v) is 3.87. The Hall–Kier alpha value is -1.62. The molecule has 0 aliphatic rings. The third kappa shape index (κ3) is 1.82. The second-order valence-electron chi connectivity index (χ2n) is 3.87. The van der Waals surface area contributed by atoms with Crippen LogP contribution in [0.4, 0.5) is 0 Å². The average Bonchev–Trinajstić information content (AvgIpc) is 2.17. The minimum absolute atomic E-state index is 0.104. The summed E-state index contributed by atoms with van der Waals surface area (Å²) in [7, 11) is 0. The van der Waals surface area contributed by atoms with E-state index in [0.717, 1.165) is 5.56 Å². The molecule has 2 nitrogen and oxygen atoms in total. The van der Waals surface area contributed by atoms with Gasteiger partial charge in [-0.15, -0.1) is 0 Å². The molecule has 0 aliphatic heterocycles. The summed E-state index contributed by atoms with van der Waals surface area (Å²) < 4.78 is 0. The number of nitriles is 1. The predicted molar refractivity (Wildman–Crippen MR) is 54.9 cm³/mol. The molecule has 0 amide bonds. The largest absolute Gasteiger partial charge is 0.299 e. The number of Topliss-reactive ketones (excluding diaryl/α,β-unsaturated/α-hetero) is 1. The van der Waals surface area contributed by atoms with Gasteiger partial charge in [-0.2, -0.15) is 5.26 Å². The number of benzene rings is 1. The van der Waals surface area contributed by atoms with E-state index in [9.17, 15) is 4.79 Å². The van der Waals surface area contributed by atoms with E-state index in [0.29, 0.717) is 5.56 Å². The highest BCUT2D eigenvalue weighted by atomic mass is 16.1. The fourth-order valence-corrected chi connectivity index (χ4v) is 1.18. The van der Waals surface area contributed by atoms with Crippen LogP contribution in [0.2, 0.25) is 0 Å². The van der Waals surface area contributed by atoms with E-state index < -0.39 is 5.41 Å². The molecule has 0 aliphatic carbocycles. The van der Waals surface area contributed by atoms with Crippen molar-refractivity contribution in [2.45, 2.75) is 26.2 Å². The molecule has 0 saturated carbocycles. The van der Waals surface area contributed by atoms with Gasteiger partial charge >= 0.3 is 0 Å². The fourth-order valence-electron chi connectivity index (χ4n) is 1.18. The molecule has 1 rings (SSSR count). The standard InChI is InChI=1S/C12H13NO/c1-9(14)12(2,3)11-6-4-5-10(7-11)8-13/h4-7H,1-3H3. The smallest absolute Gasteiger partial charge is 0.139 e. The Morgan fingerprint density at radius 1 is 1.43 bits per heavy atom. The Morgan fingerprint density at radius 3 is 2.57 bits per heavy atom. The van der Waals surface area contributed by atoms with Crippen molar-refractivity contribution < 1.29 is 4.79 Å². The molecular formula is C12H13NO. The molecule has 0 spiro atoms. The molecule has 0 atom stereocenters. The van der Waals surface area contributed by atoms with Crippen LogP contribution in [0.15, 0.2) is 24.3 Å². The van der Waals surface area contributed by atoms with Gasteiger partial charge in [-0.3, -0.25) is 4.79 Å². The highest BCUT2D eigenvalue weighted by Crippen LogP contribution is 2.24. The van der Waals surface area contributed by atoms with Crippen LogP contribution in [0, 0.1) is 11.3 Å². The second kappa shape index (κ2) is 3.63. The third-order valence-corrected chi connectivity index (χ3v) is 2.59. The van der Waals surface area contributed by atoms with Gasteiger partial charge in [-0.1, -0.05) is 12.1 Å².